The summed E-state index contributed by atoms with van der Waals surface area (Å²) in [6, 6.07) is 7.45. The molecule has 0 saturated heterocycles. The van der Waals surface area contributed by atoms with E-state index in [-0.39, 0.29) is 11.1 Å². The van der Waals surface area contributed by atoms with Gasteiger partial charge in [-0.25, -0.2) is 23.9 Å². The first-order valence-corrected chi connectivity index (χ1v) is 6.84. The van der Waals surface area contributed by atoms with Crippen LogP contribution in [0.25, 0.3) is 16.9 Å². The minimum atomic E-state index is -0.731. The number of ether oxygens (including phenoxy) is 2. The molecular formula is C16H12N2O6. The summed E-state index contributed by atoms with van der Waals surface area (Å²) in [4.78, 5) is 40.0. The molecule has 0 aliphatic heterocycles. The summed E-state index contributed by atoms with van der Waals surface area (Å²) in [7, 11) is 2.40. The quantitative estimate of drug-likeness (QED) is 0.672. The molecule has 0 aliphatic rings. The molecule has 0 fully saturated rings. The van der Waals surface area contributed by atoms with Crippen molar-refractivity contribution in [2.45, 2.75) is 0 Å². The Morgan fingerprint density at radius 3 is 2.50 bits per heavy atom. The van der Waals surface area contributed by atoms with Crippen molar-refractivity contribution in [2.75, 3.05) is 14.2 Å². The molecule has 1 aromatic carbocycles. The molecule has 0 amide bonds. The molecule has 2 aromatic heterocycles. The lowest BCUT2D eigenvalue weighted by molar-refractivity contribution is 0.0555. The Bertz CT molecular complexity index is 1000. The van der Waals surface area contributed by atoms with E-state index in [2.05, 4.69) is 14.5 Å². The van der Waals surface area contributed by atoms with Crippen molar-refractivity contribution in [3.63, 3.8) is 0 Å². The number of aromatic nitrogens is 2. The van der Waals surface area contributed by atoms with Gasteiger partial charge in [0.25, 0.3) is 0 Å². The van der Waals surface area contributed by atoms with Gasteiger partial charge in [-0.05, 0) is 30.3 Å². The Balaban J connectivity index is 2.25. The summed E-state index contributed by atoms with van der Waals surface area (Å²) < 4.78 is 15.7. The molecule has 0 radical (unpaired) electrons. The van der Waals surface area contributed by atoms with Crippen molar-refractivity contribution >= 4 is 23.2 Å². The number of hydrogen-bond donors (Lipinski definition) is 0. The topological polar surface area (TPSA) is 101 Å². The van der Waals surface area contributed by atoms with Crippen molar-refractivity contribution in [1.82, 2.24) is 9.55 Å². The zero-order valence-electron chi connectivity index (χ0n) is 12.8. The zero-order chi connectivity index (χ0) is 17.3. The van der Waals surface area contributed by atoms with Crippen molar-refractivity contribution in [2.24, 2.45) is 0 Å². The van der Waals surface area contributed by atoms with Gasteiger partial charge in [0.15, 0.2) is 11.2 Å². The number of oxazole rings is 1. The minimum Gasteiger partial charge on any atom is -0.465 e. The van der Waals surface area contributed by atoms with Gasteiger partial charge in [-0.1, -0.05) is 0 Å². The van der Waals surface area contributed by atoms with E-state index >= 15 is 0 Å². The van der Waals surface area contributed by atoms with E-state index in [0.717, 1.165) is 0 Å². The number of carbonyl (C=O) groups excluding carboxylic acids is 2. The first kappa shape index (κ1) is 15.5. The van der Waals surface area contributed by atoms with E-state index < -0.39 is 17.7 Å². The number of methoxy groups -OCH3 is 2. The maximum Gasteiger partial charge on any atom is 0.425 e. The molecular weight excluding hydrogens is 316 g/mol. The Kier molecular flexibility index (Phi) is 3.87. The first-order valence-electron chi connectivity index (χ1n) is 6.84. The van der Waals surface area contributed by atoms with Gasteiger partial charge in [-0.15, -0.1) is 0 Å². The number of esters is 2. The van der Waals surface area contributed by atoms with Gasteiger partial charge in [0.1, 0.15) is 0 Å². The van der Waals surface area contributed by atoms with Crippen LogP contribution in [0.15, 0.2) is 45.7 Å². The van der Waals surface area contributed by atoms with Gasteiger partial charge in [0, 0.05) is 6.20 Å². The minimum absolute atomic E-state index is 0.0287. The molecule has 8 heteroatoms. The van der Waals surface area contributed by atoms with Crippen LogP contribution in [0.4, 0.5) is 0 Å². The monoisotopic (exact) mass is 328 g/mol. The SMILES string of the molecule is COC(=O)c1ccc(-n2c(=O)oc3cccnc32)cc1C(=O)OC. The highest BCUT2D eigenvalue weighted by Crippen LogP contribution is 2.20. The summed E-state index contributed by atoms with van der Waals surface area (Å²) >= 11 is 0. The maximum atomic E-state index is 12.1. The van der Waals surface area contributed by atoms with Crippen LogP contribution in [-0.4, -0.2) is 35.7 Å². The number of benzene rings is 1. The lowest BCUT2D eigenvalue weighted by atomic mass is 10.1. The number of pyridine rings is 1. The van der Waals surface area contributed by atoms with Gasteiger partial charge in [0.2, 0.25) is 0 Å². The van der Waals surface area contributed by atoms with E-state index in [9.17, 15) is 14.4 Å². The van der Waals surface area contributed by atoms with Gasteiger partial charge in [0.05, 0.1) is 31.0 Å². The summed E-state index contributed by atoms with van der Waals surface area (Å²) in [5.74, 6) is -2.08. The number of nitrogens with zero attached hydrogens (tertiary/aromatic N) is 2. The molecule has 24 heavy (non-hydrogen) atoms. The van der Waals surface area contributed by atoms with Gasteiger partial charge in [-0.3, -0.25) is 0 Å². The maximum absolute atomic E-state index is 12.1. The van der Waals surface area contributed by atoms with Crippen molar-refractivity contribution in [3.8, 4) is 5.69 Å². The van der Waals surface area contributed by atoms with Crippen LogP contribution in [0.5, 0.6) is 0 Å². The number of hydrogen-bond acceptors (Lipinski definition) is 7. The van der Waals surface area contributed by atoms with Gasteiger partial charge in [-0.2, -0.15) is 0 Å². The molecule has 0 bridgehead atoms. The smallest absolute Gasteiger partial charge is 0.425 e. The highest BCUT2D eigenvalue weighted by atomic mass is 16.5. The Morgan fingerprint density at radius 1 is 1.08 bits per heavy atom. The third-order valence-electron chi connectivity index (χ3n) is 3.41. The average molecular weight is 328 g/mol. The summed E-state index contributed by atoms with van der Waals surface area (Å²) in [5.41, 5.74) is 0.912. The van der Waals surface area contributed by atoms with Crippen LogP contribution in [0.2, 0.25) is 0 Å². The number of rotatable bonds is 3. The fourth-order valence-corrected chi connectivity index (χ4v) is 2.32. The van der Waals surface area contributed by atoms with Crippen LogP contribution in [-0.2, 0) is 9.47 Å². The molecule has 3 aromatic rings. The predicted octanol–water partition coefficient (Wildman–Crippen LogP) is 1.55. The van der Waals surface area contributed by atoms with Crippen LogP contribution < -0.4 is 5.76 Å². The van der Waals surface area contributed by atoms with Crippen molar-refractivity contribution in [1.29, 1.82) is 0 Å². The van der Waals surface area contributed by atoms with E-state index in [1.165, 1.54) is 43.2 Å². The van der Waals surface area contributed by atoms with Crippen LogP contribution in [0.1, 0.15) is 20.7 Å². The Labute approximate surface area is 135 Å². The number of fused-ring (bicyclic) bond motifs is 1. The van der Waals surface area contributed by atoms with Crippen molar-refractivity contribution < 1.29 is 23.5 Å². The second-order valence-electron chi connectivity index (χ2n) is 4.74. The van der Waals surface area contributed by atoms with E-state index in [1.54, 1.807) is 12.1 Å². The van der Waals surface area contributed by atoms with Crippen LogP contribution in [0.3, 0.4) is 0 Å². The molecule has 0 saturated carbocycles. The lowest BCUT2D eigenvalue weighted by Crippen LogP contribution is -2.16. The molecule has 0 aliphatic carbocycles. The highest BCUT2D eigenvalue weighted by Gasteiger charge is 2.21. The predicted molar refractivity (Wildman–Crippen MR) is 82.3 cm³/mol. The Hall–Kier alpha value is -3.42. The van der Waals surface area contributed by atoms with Crippen LogP contribution >= 0.6 is 0 Å². The second kappa shape index (κ2) is 5.99. The van der Waals surface area contributed by atoms with E-state index in [1.807, 2.05) is 0 Å². The molecule has 0 atom stereocenters. The summed E-state index contributed by atoms with van der Waals surface area (Å²) in [5, 5.41) is 0. The van der Waals surface area contributed by atoms with E-state index in [4.69, 9.17) is 4.42 Å². The van der Waals surface area contributed by atoms with E-state index in [0.29, 0.717) is 16.9 Å². The van der Waals surface area contributed by atoms with Crippen LogP contribution in [0, 0.1) is 0 Å². The molecule has 8 nitrogen and oxygen atoms in total. The summed E-state index contributed by atoms with van der Waals surface area (Å²) in [6.45, 7) is 0. The second-order valence-corrected chi connectivity index (χ2v) is 4.74. The largest absolute Gasteiger partial charge is 0.465 e. The lowest BCUT2D eigenvalue weighted by Gasteiger charge is -2.09. The van der Waals surface area contributed by atoms with Gasteiger partial charge >= 0.3 is 17.7 Å². The molecule has 0 N–H and O–H groups in total. The van der Waals surface area contributed by atoms with Crippen molar-refractivity contribution in [3.05, 3.63) is 58.2 Å². The summed E-state index contributed by atoms with van der Waals surface area (Å²) in [6.07, 6.45) is 1.51. The van der Waals surface area contributed by atoms with Gasteiger partial charge < -0.3 is 13.9 Å². The third kappa shape index (κ3) is 2.43. The fraction of sp³-hybridized carbons (Fsp3) is 0.125. The molecule has 0 unspecified atom stereocenters. The average Bonchev–Trinajstić information content (AvgIpc) is 2.95. The third-order valence-corrected chi connectivity index (χ3v) is 3.41. The standard InChI is InChI=1S/C16H12N2O6/c1-22-14(19)10-6-5-9(8-11(10)15(20)23-2)18-13-12(24-16(18)21)4-3-7-17-13/h3-8H,1-2H3. The number of carbonyl (C=O) groups is 2. The zero-order valence-corrected chi connectivity index (χ0v) is 12.8. The highest BCUT2D eigenvalue weighted by molar-refractivity contribution is 6.03. The molecule has 3 rings (SSSR count). The Morgan fingerprint density at radius 2 is 1.79 bits per heavy atom. The molecule has 0 spiro atoms. The first-order chi connectivity index (χ1) is 11.6. The fourth-order valence-electron chi connectivity index (χ4n) is 2.32. The normalized spacial score (nSPS) is 10.6. The molecule has 2 heterocycles. The molecule has 122 valence electrons.